The molecule has 1 aliphatic carbocycles. The molecular formula is C11H23NO4S. The number of sulfonamides is 1. The van der Waals surface area contributed by atoms with E-state index in [1.165, 1.54) is 12.8 Å². The summed E-state index contributed by atoms with van der Waals surface area (Å²) in [6.07, 6.45) is 5.13. The molecule has 0 aromatic carbocycles. The van der Waals surface area contributed by atoms with Crippen molar-refractivity contribution in [3.8, 4) is 0 Å². The number of nitrogens with two attached hydrogens (primary N) is 1. The van der Waals surface area contributed by atoms with Crippen LogP contribution in [0.2, 0.25) is 0 Å². The van der Waals surface area contributed by atoms with E-state index in [2.05, 4.69) is 6.92 Å². The van der Waals surface area contributed by atoms with Crippen LogP contribution >= 0.6 is 0 Å². The molecule has 0 radical (unpaired) electrons. The van der Waals surface area contributed by atoms with Gasteiger partial charge >= 0.3 is 0 Å². The van der Waals surface area contributed by atoms with Gasteiger partial charge in [0.1, 0.15) is 0 Å². The van der Waals surface area contributed by atoms with Gasteiger partial charge in [0.2, 0.25) is 10.0 Å². The SMILES string of the molecule is CC1CCCC(OCCOCCS(N)(=O)=O)C1. The summed E-state index contributed by atoms with van der Waals surface area (Å²) in [5, 5.41) is 4.84. The average molecular weight is 265 g/mol. The predicted molar refractivity (Wildman–Crippen MR) is 66.2 cm³/mol. The van der Waals surface area contributed by atoms with E-state index in [1.54, 1.807) is 0 Å². The van der Waals surface area contributed by atoms with Crippen LogP contribution in [0.25, 0.3) is 0 Å². The Morgan fingerprint density at radius 1 is 1.24 bits per heavy atom. The molecule has 1 rings (SSSR count). The minimum Gasteiger partial charge on any atom is -0.378 e. The second kappa shape index (κ2) is 7.31. The molecule has 0 spiro atoms. The van der Waals surface area contributed by atoms with E-state index in [9.17, 15) is 8.42 Å². The van der Waals surface area contributed by atoms with Gasteiger partial charge in [-0.1, -0.05) is 19.8 Å². The maximum atomic E-state index is 10.6. The molecule has 2 unspecified atom stereocenters. The number of hydrogen-bond acceptors (Lipinski definition) is 4. The van der Waals surface area contributed by atoms with Crippen LogP contribution in [-0.4, -0.2) is 40.1 Å². The molecule has 0 bridgehead atoms. The molecule has 0 aromatic rings. The van der Waals surface area contributed by atoms with E-state index in [0.717, 1.165) is 18.8 Å². The first-order valence-corrected chi connectivity index (χ1v) is 7.89. The number of ether oxygens (including phenoxy) is 2. The molecule has 2 atom stereocenters. The van der Waals surface area contributed by atoms with Gasteiger partial charge in [0, 0.05) is 0 Å². The third kappa shape index (κ3) is 7.70. The van der Waals surface area contributed by atoms with Gasteiger partial charge in [0.15, 0.2) is 0 Å². The highest BCUT2D eigenvalue weighted by atomic mass is 32.2. The molecule has 1 aliphatic rings. The fraction of sp³-hybridized carbons (Fsp3) is 1.00. The summed E-state index contributed by atoms with van der Waals surface area (Å²) in [5.41, 5.74) is 0. The monoisotopic (exact) mass is 265 g/mol. The second-order valence-corrected chi connectivity index (χ2v) is 6.48. The summed E-state index contributed by atoms with van der Waals surface area (Å²) >= 11 is 0. The fourth-order valence-electron chi connectivity index (χ4n) is 2.08. The van der Waals surface area contributed by atoms with Gasteiger partial charge < -0.3 is 9.47 Å². The van der Waals surface area contributed by atoms with E-state index >= 15 is 0 Å². The Hall–Kier alpha value is -0.170. The smallest absolute Gasteiger partial charge is 0.211 e. The van der Waals surface area contributed by atoms with Gasteiger partial charge in [0.05, 0.1) is 31.7 Å². The Balaban J connectivity index is 1.97. The van der Waals surface area contributed by atoms with Gasteiger partial charge in [-0.05, 0) is 18.8 Å². The Morgan fingerprint density at radius 2 is 2.00 bits per heavy atom. The van der Waals surface area contributed by atoms with Crippen LogP contribution < -0.4 is 5.14 Å². The molecule has 0 saturated heterocycles. The Bertz CT molecular complexity index is 305. The topological polar surface area (TPSA) is 78.6 Å². The molecular weight excluding hydrogens is 242 g/mol. The number of rotatable bonds is 7. The van der Waals surface area contributed by atoms with E-state index in [-0.39, 0.29) is 12.4 Å². The van der Waals surface area contributed by atoms with Crippen molar-refractivity contribution < 1.29 is 17.9 Å². The third-order valence-corrected chi connectivity index (χ3v) is 3.72. The highest BCUT2D eigenvalue weighted by Gasteiger charge is 2.18. The Labute approximate surface area is 104 Å². The third-order valence-electron chi connectivity index (χ3n) is 2.98. The van der Waals surface area contributed by atoms with Crippen molar-refractivity contribution >= 4 is 10.0 Å². The van der Waals surface area contributed by atoms with E-state index in [1.807, 2.05) is 0 Å². The normalized spacial score (nSPS) is 26.0. The molecule has 2 N–H and O–H groups in total. The molecule has 6 heteroatoms. The molecule has 0 heterocycles. The second-order valence-electron chi connectivity index (χ2n) is 4.74. The molecule has 1 saturated carbocycles. The summed E-state index contributed by atoms with van der Waals surface area (Å²) < 4.78 is 32.1. The van der Waals surface area contributed by atoms with Gasteiger partial charge in [-0.25, -0.2) is 13.6 Å². The average Bonchev–Trinajstić information content (AvgIpc) is 2.22. The summed E-state index contributed by atoms with van der Waals surface area (Å²) in [4.78, 5) is 0. The Morgan fingerprint density at radius 3 is 2.65 bits per heavy atom. The van der Waals surface area contributed by atoms with Crippen molar-refractivity contribution in [1.82, 2.24) is 0 Å². The van der Waals surface area contributed by atoms with Crippen molar-refractivity contribution in [2.45, 2.75) is 38.7 Å². The highest BCUT2D eigenvalue weighted by molar-refractivity contribution is 7.89. The van der Waals surface area contributed by atoms with Gasteiger partial charge in [0.25, 0.3) is 0 Å². The molecule has 1 fully saturated rings. The van der Waals surface area contributed by atoms with Crippen LogP contribution in [-0.2, 0) is 19.5 Å². The van der Waals surface area contributed by atoms with E-state index < -0.39 is 10.0 Å². The molecule has 5 nitrogen and oxygen atoms in total. The van der Waals surface area contributed by atoms with Crippen LogP contribution in [0.3, 0.4) is 0 Å². The maximum absolute atomic E-state index is 10.6. The molecule has 0 amide bonds. The summed E-state index contributed by atoms with van der Waals surface area (Å²) in [6, 6.07) is 0. The predicted octanol–water partition coefficient (Wildman–Crippen LogP) is 0.887. The summed E-state index contributed by atoms with van der Waals surface area (Å²) in [7, 11) is -3.40. The van der Waals surface area contributed by atoms with Crippen molar-refractivity contribution in [3.63, 3.8) is 0 Å². The maximum Gasteiger partial charge on any atom is 0.211 e. The van der Waals surface area contributed by atoms with E-state index in [0.29, 0.717) is 19.3 Å². The van der Waals surface area contributed by atoms with Crippen LogP contribution in [0.1, 0.15) is 32.6 Å². The lowest BCUT2D eigenvalue weighted by Gasteiger charge is -2.26. The van der Waals surface area contributed by atoms with Gasteiger partial charge in [-0.3, -0.25) is 0 Å². The van der Waals surface area contributed by atoms with Gasteiger partial charge in [-0.15, -0.1) is 0 Å². The van der Waals surface area contributed by atoms with Crippen LogP contribution in [0.4, 0.5) is 0 Å². The largest absolute Gasteiger partial charge is 0.378 e. The minimum absolute atomic E-state index is 0.131. The van der Waals surface area contributed by atoms with Crippen LogP contribution in [0.5, 0.6) is 0 Å². The molecule has 0 aromatic heterocycles. The molecule has 0 aliphatic heterocycles. The lowest BCUT2D eigenvalue weighted by molar-refractivity contribution is -0.0160. The zero-order valence-electron chi connectivity index (χ0n) is 10.4. The first-order chi connectivity index (χ1) is 7.97. The van der Waals surface area contributed by atoms with Crippen LogP contribution in [0, 0.1) is 5.92 Å². The lowest BCUT2D eigenvalue weighted by Crippen LogP contribution is -2.24. The quantitative estimate of drug-likeness (QED) is 0.693. The summed E-state index contributed by atoms with van der Waals surface area (Å²) in [5.74, 6) is 0.616. The van der Waals surface area contributed by atoms with Crippen molar-refractivity contribution in [3.05, 3.63) is 0 Å². The van der Waals surface area contributed by atoms with Crippen molar-refractivity contribution in [1.29, 1.82) is 0 Å². The highest BCUT2D eigenvalue weighted by Crippen LogP contribution is 2.25. The van der Waals surface area contributed by atoms with Crippen molar-refractivity contribution in [2.75, 3.05) is 25.6 Å². The van der Waals surface area contributed by atoms with Gasteiger partial charge in [-0.2, -0.15) is 0 Å². The number of primary sulfonamides is 1. The fourth-order valence-corrected chi connectivity index (χ4v) is 2.43. The van der Waals surface area contributed by atoms with E-state index in [4.69, 9.17) is 14.6 Å². The van der Waals surface area contributed by atoms with Crippen molar-refractivity contribution in [2.24, 2.45) is 11.1 Å². The molecule has 17 heavy (non-hydrogen) atoms. The number of hydrogen-bond donors (Lipinski definition) is 1. The lowest BCUT2D eigenvalue weighted by atomic mass is 9.89. The zero-order chi connectivity index (χ0) is 12.7. The molecule has 102 valence electrons. The Kier molecular flexibility index (Phi) is 6.40. The minimum atomic E-state index is -3.40. The standard InChI is InChI=1S/C11H23NO4S/c1-10-3-2-4-11(9-10)16-6-5-15-7-8-17(12,13)14/h10-11H,2-9H2,1H3,(H2,12,13,14). The first kappa shape index (κ1) is 14.9. The first-order valence-electron chi connectivity index (χ1n) is 6.17. The van der Waals surface area contributed by atoms with Crippen LogP contribution in [0.15, 0.2) is 0 Å². The summed E-state index contributed by atoms with van der Waals surface area (Å²) in [6.45, 7) is 3.35. The zero-order valence-corrected chi connectivity index (χ0v) is 11.2.